The van der Waals surface area contributed by atoms with E-state index in [1.165, 1.54) is 51.4 Å². The van der Waals surface area contributed by atoms with Crippen molar-refractivity contribution in [1.82, 2.24) is 0 Å². The highest BCUT2D eigenvalue weighted by molar-refractivity contribution is 5.92. The van der Waals surface area contributed by atoms with Crippen molar-refractivity contribution in [3.05, 3.63) is 0 Å². The average molecular weight is 346 g/mol. The number of hydrogen-bond acceptors (Lipinski definition) is 3. The lowest BCUT2D eigenvalue weighted by Crippen LogP contribution is -2.23. The van der Waals surface area contributed by atoms with E-state index < -0.39 is 23.8 Å². The van der Waals surface area contributed by atoms with Crippen LogP contribution in [0.4, 0.5) is 0 Å². The fourth-order valence-corrected chi connectivity index (χ4v) is 2.37. The zero-order valence-electron chi connectivity index (χ0n) is 15.1. The van der Waals surface area contributed by atoms with Gasteiger partial charge in [-0.25, -0.2) is 0 Å². The SMILES string of the molecule is CC(=O)O.CCCCCCCCCCCCCC(C(=O)O)C(=O)O. The molecule has 0 aliphatic carbocycles. The summed E-state index contributed by atoms with van der Waals surface area (Å²) in [5, 5.41) is 24.9. The van der Waals surface area contributed by atoms with Gasteiger partial charge < -0.3 is 15.3 Å². The van der Waals surface area contributed by atoms with Gasteiger partial charge in [-0.3, -0.25) is 14.4 Å². The molecule has 0 aromatic heterocycles. The molecule has 0 aromatic rings. The van der Waals surface area contributed by atoms with E-state index in [9.17, 15) is 9.59 Å². The van der Waals surface area contributed by atoms with E-state index in [2.05, 4.69) is 6.92 Å². The molecule has 0 fully saturated rings. The van der Waals surface area contributed by atoms with Crippen LogP contribution in [0.15, 0.2) is 0 Å². The van der Waals surface area contributed by atoms with Gasteiger partial charge in [0, 0.05) is 6.92 Å². The fraction of sp³-hybridized carbons (Fsp3) is 0.833. The molecule has 0 aromatic carbocycles. The maximum Gasteiger partial charge on any atom is 0.317 e. The molecular weight excluding hydrogens is 312 g/mol. The lowest BCUT2D eigenvalue weighted by atomic mass is 10.00. The summed E-state index contributed by atoms with van der Waals surface area (Å²) in [5.41, 5.74) is 0. The first kappa shape index (κ1) is 24.7. The molecule has 0 saturated carbocycles. The first-order chi connectivity index (χ1) is 11.3. The highest BCUT2D eigenvalue weighted by Crippen LogP contribution is 2.14. The third-order valence-corrected chi connectivity index (χ3v) is 3.69. The summed E-state index contributed by atoms with van der Waals surface area (Å²) in [6.07, 6.45) is 13.3. The van der Waals surface area contributed by atoms with Crippen molar-refractivity contribution < 1.29 is 29.7 Å². The first-order valence-corrected chi connectivity index (χ1v) is 8.98. The molecule has 0 saturated heterocycles. The molecule has 6 nitrogen and oxygen atoms in total. The molecule has 0 bridgehead atoms. The Labute approximate surface area is 145 Å². The number of rotatable bonds is 14. The lowest BCUT2D eigenvalue weighted by molar-refractivity contribution is -0.154. The molecule has 0 heterocycles. The van der Waals surface area contributed by atoms with Gasteiger partial charge in [0.15, 0.2) is 5.92 Å². The van der Waals surface area contributed by atoms with Crippen molar-refractivity contribution >= 4 is 17.9 Å². The Balaban J connectivity index is 0. The van der Waals surface area contributed by atoms with E-state index in [4.69, 9.17) is 20.1 Å². The molecule has 0 spiro atoms. The first-order valence-electron chi connectivity index (χ1n) is 8.98. The molecule has 3 N–H and O–H groups in total. The monoisotopic (exact) mass is 346 g/mol. The number of carboxylic acid groups (broad SMARTS) is 3. The Morgan fingerprint density at radius 1 is 0.667 bits per heavy atom. The second kappa shape index (κ2) is 17.8. The van der Waals surface area contributed by atoms with Crippen molar-refractivity contribution in [2.45, 2.75) is 90.9 Å². The van der Waals surface area contributed by atoms with Gasteiger partial charge in [0.1, 0.15) is 0 Å². The number of carboxylic acids is 3. The van der Waals surface area contributed by atoms with Gasteiger partial charge in [0.25, 0.3) is 5.97 Å². The maximum absolute atomic E-state index is 10.7. The van der Waals surface area contributed by atoms with Crippen molar-refractivity contribution in [3.8, 4) is 0 Å². The summed E-state index contributed by atoms with van der Waals surface area (Å²) >= 11 is 0. The van der Waals surface area contributed by atoms with Gasteiger partial charge in [-0.2, -0.15) is 0 Å². The van der Waals surface area contributed by atoms with Crippen LogP contribution in [-0.4, -0.2) is 33.2 Å². The third kappa shape index (κ3) is 20.4. The quantitative estimate of drug-likeness (QED) is 0.314. The maximum atomic E-state index is 10.7. The van der Waals surface area contributed by atoms with Crippen LogP contribution in [0.3, 0.4) is 0 Å². The summed E-state index contributed by atoms with van der Waals surface area (Å²) in [5.74, 6) is -4.50. The Morgan fingerprint density at radius 3 is 1.25 bits per heavy atom. The molecule has 0 radical (unpaired) electrons. The van der Waals surface area contributed by atoms with Crippen molar-refractivity contribution in [2.24, 2.45) is 5.92 Å². The third-order valence-electron chi connectivity index (χ3n) is 3.69. The molecule has 6 heteroatoms. The van der Waals surface area contributed by atoms with Crippen LogP contribution in [0, 0.1) is 5.92 Å². The number of hydrogen-bond donors (Lipinski definition) is 3. The zero-order valence-corrected chi connectivity index (χ0v) is 15.1. The predicted octanol–water partition coefficient (Wildman–Crippen LogP) is 4.56. The van der Waals surface area contributed by atoms with Crippen LogP contribution in [0.1, 0.15) is 90.9 Å². The lowest BCUT2D eigenvalue weighted by Gasteiger charge is -2.06. The van der Waals surface area contributed by atoms with Crippen LogP contribution in [0.2, 0.25) is 0 Å². The van der Waals surface area contributed by atoms with Crippen LogP contribution in [-0.2, 0) is 14.4 Å². The molecule has 0 aliphatic rings. The van der Waals surface area contributed by atoms with Crippen LogP contribution >= 0.6 is 0 Å². The minimum absolute atomic E-state index is 0.252. The largest absolute Gasteiger partial charge is 0.481 e. The predicted molar refractivity (Wildman–Crippen MR) is 93.1 cm³/mol. The topological polar surface area (TPSA) is 112 Å². The molecule has 0 rings (SSSR count). The summed E-state index contributed by atoms with van der Waals surface area (Å²) in [4.78, 5) is 30.3. The zero-order chi connectivity index (χ0) is 18.8. The second-order valence-electron chi connectivity index (χ2n) is 6.07. The molecule has 0 unspecified atom stereocenters. The Bertz CT molecular complexity index is 322. The summed E-state index contributed by atoms with van der Waals surface area (Å²) < 4.78 is 0. The second-order valence-corrected chi connectivity index (χ2v) is 6.07. The van der Waals surface area contributed by atoms with Gasteiger partial charge in [-0.1, -0.05) is 77.6 Å². The van der Waals surface area contributed by atoms with Gasteiger partial charge in [0.05, 0.1) is 0 Å². The minimum atomic E-state index is -1.23. The van der Waals surface area contributed by atoms with E-state index in [0.29, 0.717) is 6.42 Å². The number of carbonyl (C=O) groups is 3. The van der Waals surface area contributed by atoms with Crippen molar-refractivity contribution in [3.63, 3.8) is 0 Å². The smallest absolute Gasteiger partial charge is 0.317 e. The van der Waals surface area contributed by atoms with Gasteiger partial charge in [-0.15, -0.1) is 0 Å². The van der Waals surface area contributed by atoms with E-state index in [1.807, 2.05) is 0 Å². The highest BCUT2D eigenvalue weighted by Gasteiger charge is 2.24. The number of unbranched alkanes of at least 4 members (excludes halogenated alkanes) is 10. The summed E-state index contributed by atoms with van der Waals surface area (Å²) in [6.45, 7) is 3.30. The molecule has 142 valence electrons. The van der Waals surface area contributed by atoms with Gasteiger partial charge in [-0.05, 0) is 6.42 Å². The van der Waals surface area contributed by atoms with E-state index in [0.717, 1.165) is 19.8 Å². The van der Waals surface area contributed by atoms with Crippen LogP contribution < -0.4 is 0 Å². The Morgan fingerprint density at radius 2 is 0.958 bits per heavy atom. The molecular formula is C18H34O6. The Hall–Kier alpha value is -1.59. The Kier molecular flexibility index (Phi) is 18.2. The molecule has 0 aliphatic heterocycles. The molecule has 0 atom stereocenters. The molecule has 0 amide bonds. The fourth-order valence-electron chi connectivity index (χ4n) is 2.37. The van der Waals surface area contributed by atoms with Crippen LogP contribution in [0.5, 0.6) is 0 Å². The minimum Gasteiger partial charge on any atom is -0.481 e. The average Bonchev–Trinajstić information content (AvgIpc) is 2.47. The van der Waals surface area contributed by atoms with Gasteiger partial charge in [0.2, 0.25) is 0 Å². The van der Waals surface area contributed by atoms with E-state index in [1.54, 1.807) is 0 Å². The van der Waals surface area contributed by atoms with Gasteiger partial charge >= 0.3 is 11.9 Å². The summed E-state index contributed by atoms with van der Waals surface area (Å²) in [6, 6.07) is 0. The van der Waals surface area contributed by atoms with Crippen molar-refractivity contribution in [2.75, 3.05) is 0 Å². The molecule has 24 heavy (non-hydrogen) atoms. The highest BCUT2D eigenvalue weighted by atomic mass is 16.4. The van der Waals surface area contributed by atoms with E-state index >= 15 is 0 Å². The van der Waals surface area contributed by atoms with Crippen molar-refractivity contribution in [1.29, 1.82) is 0 Å². The van der Waals surface area contributed by atoms with E-state index in [-0.39, 0.29) is 6.42 Å². The van der Waals surface area contributed by atoms with Crippen LogP contribution in [0.25, 0.3) is 0 Å². The summed E-state index contributed by atoms with van der Waals surface area (Å²) in [7, 11) is 0. The number of aliphatic carboxylic acids is 3. The normalized spacial score (nSPS) is 10.1. The standard InChI is InChI=1S/C16H30O4.C2H4O2/c1-2-3-4-5-6-7-8-9-10-11-12-13-14(15(17)18)16(19)20;1-2(3)4/h14H,2-13H2,1H3,(H,17,18)(H,19,20);1H3,(H,3,4).